The second-order valence-corrected chi connectivity index (χ2v) is 5.32. The Morgan fingerprint density at radius 2 is 2.22 bits per heavy atom. The standard InChI is InChI=1S/C12H22N4O.ClH/c1-8(2)12-14-11(17-15-12)7-16-6-10(5-13)4-9(16)3;/h8-10H,4-7,13H2,1-3H3;1H. The second kappa shape index (κ2) is 6.50. The Balaban J connectivity index is 0.00000162. The van der Waals surface area contributed by atoms with Gasteiger partial charge in [-0.25, -0.2) is 0 Å². The van der Waals surface area contributed by atoms with Crippen molar-refractivity contribution >= 4 is 12.4 Å². The first-order chi connectivity index (χ1) is 8.10. The number of nitrogens with zero attached hydrogens (tertiary/aromatic N) is 3. The largest absolute Gasteiger partial charge is 0.338 e. The molecule has 0 aromatic carbocycles. The Kier molecular flexibility index (Phi) is 5.56. The molecule has 0 amide bonds. The van der Waals surface area contributed by atoms with Gasteiger partial charge in [-0.2, -0.15) is 4.98 Å². The van der Waals surface area contributed by atoms with Gasteiger partial charge < -0.3 is 10.3 Å². The van der Waals surface area contributed by atoms with E-state index in [1.807, 2.05) is 0 Å². The number of hydrogen-bond acceptors (Lipinski definition) is 5. The molecule has 2 heterocycles. The molecule has 2 atom stereocenters. The zero-order chi connectivity index (χ0) is 12.4. The first-order valence-corrected chi connectivity index (χ1v) is 6.36. The molecular formula is C12H23ClN4O. The fourth-order valence-electron chi connectivity index (χ4n) is 2.35. The zero-order valence-corrected chi connectivity index (χ0v) is 12.1. The third kappa shape index (κ3) is 3.43. The van der Waals surface area contributed by atoms with Gasteiger partial charge in [0, 0.05) is 18.5 Å². The molecule has 0 radical (unpaired) electrons. The predicted molar refractivity (Wildman–Crippen MR) is 72.7 cm³/mol. The smallest absolute Gasteiger partial charge is 0.240 e. The molecule has 18 heavy (non-hydrogen) atoms. The molecule has 0 bridgehead atoms. The number of aromatic nitrogens is 2. The van der Waals surface area contributed by atoms with Gasteiger partial charge in [0.05, 0.1) is 6.54 Å². The van der Waals surface area contributed by atoms with Crippen LogP contribution in [0.15, 0.2) is 4.52 Å². The molecule has 5 nitrogen and oxygen atoms in total. The number of halogens is 1. The highest BCUT2D eigenvalue weighted by Gasteiger charge is 2.29. The van der Waals surface area contributed by atoms with Gasteiger partial charge in [-0.3, -0.25) is 4.90 Å². The van der Waals surface area contributed by atoms with Crippen LogP contribution < -0.4 is 5.73 Å². The van der Waals surface area contributed by atoms with E-state index in [4.69, 9.17) is 10.3 Å². The van der Waals surface area contributed by atoms with Crippen molar-refractivity contribution in [2.45, 2.75) is 45.7 Å². The van der Waals surface area contributed by atoms with Gasteiger partial charge in [0.2, 0.25) is 5.89 Å². The highest BCUT2D eigenvalue weighted by atomic mass is 35.5. The first kappa shape index (κ1) is 15.4. The van der Waals surface area contributed by atoms with Crippen molar-refractivity contribution < 1.29 is 4.52 Å². The van der Waals surface area contributed by atoms with E-state index in [9.17, 15) is 0 Å². The minimum Gasteiger partial charge on any atom is -0.338 e. The molecule has 2 N–H and O–H groups in total. The maximum absolute atomic E-state index is 5.72. The Labute approximate surface area is 115 Å². The van der Waals surface area contributed by atoms with E-state index < -0.39 is 0 Å². The van der Waals surface area contributed by atoms with Gasteiger partial charge in [-0.15, -0.1) is 12.4 Å². The van der Waals surface area contributed by atoms with Crippen molar-refractivity contribution in [3.05, 3.63) is 11.7 Å². The summed E-state index contributed by atoms with van der Waals surface area (Å²) in [5.74, 6) is 2.44. The Morgan fingerprint density at radius 1 is 1.50 bits per heavy atom. The number of likely N-dealkylation sites (tertiary alicyclic amines) is 1. The third-order valence-electron chi connectivity index (χ3n) is 3.46. The molecule has 0 saturated carbocycles. The molecule has 1 fully saturated rings. The van der Waals surface area contributed by atoms with Crippen molar-refractivity contribution in [2.24, 2.45) is 11.7 Å². The molecule has 0 aliphatic carbocycles. The minimum atomic E-state index is 0. The summed E-state index contributed by atoms with van der Waals surface area (Å²) < 4.78 is 5.27. The number of nitrogens with two attached hydrogens (primary N) is 1. The molecule has 6 heteroatoms. The van der Waals surface area contributed by atoms with Gasteiger partial charge in [-0.1, -0.05) is 19.0 Å². The maximum Gasteiger partial charge on any atom is 0.240 e. The predicted octanol–water partition coefficient (Wildman–Crippen LogP) is 1.78. The topological polar surface area (TPSA) is 68.2 Å². The lowest BCUT2D eigenvalue weighted by Gasteiger charge is -2.18. The van der Waals surface area contributed by atoms with E-state index in [2.05, 4.69) is 35.8 Å². The second-order valence-electron chi connectivity index (χ2n) is 5.32. The highest BCUT2D eigenvalue weighted by Crippen LogP contribution is 2.23. The summed E-state index contributed by atoms with van der Waals surface area (Å²) in [6.07, 6.45) is 1.17. The number of rotatable bonds is 4. The van der Waals surface area contributed by atoms with Crippen molar-refractivity contribution in [2.75, 3.05) is 13.1 Å². The molecule has 1 saturated heterocycles. The van der Waals surface area contributed by atoms with Crippen LogP contribution in [-0.2, 0) is 6.54 Å². The minimum absolute atomic E-state index is 0. The summed E-state index contributed by atoms with van der Waals surface area (Å²) in [6, 6.07) is 0.554. The summed E-state index contributed by atoms with van der Waals surface area (Å²) in [7, 11) is 0. The normalized spacial score (nSPS) is 24.5. The average Bonchev–Trinajstić information content (AvgIpc) is 2.87. The van der Waals surface area contributed by atoms with Crippen molar-refractivity contribution in [3.8, 4) is 0 Å². The van der Waals surface area contributed by atoms with Crippen LogP contribution in [0.1, 0.15) is 44.8 Å². The lowest BCUT2D eigenvalue weighted by atomic mass is 10.1. The third-order valence-corrected chi connectivity index (χ3v) is 3.46. The Bertz CT molecular complexity index is 369. The molecule has 1 aliphatic heterocycles. The Hall–Kier alpha value is -0.650. The van der Waals surface area contributed by atoms with Gasteiger partial charge in [0.25, 0.3) is 0 Å². The summed E-state index contributed by atoms with van der Waals surface area (Å²) in [5.41, 5.74) is 5.72. The van der Waals surface area contributed by atoms with E-state index >= 15 is 0 Å². The molecule has 1 aromatic rings. The van der Waals surface area contributed by atoms with Crippen LogP contribution in [0.5, 0.6) is 0 Å². The molecule has 1 aliphatic rings. The lowest BCUT2D eigenvalue weighted by molar-refractivity contribution is 0.218. The monoisotopic (exact) mass is 274 g/mol. The molecule has 2 rings (SSSR count). The maximum atomic E-state index is 5.72. The summed E-state index contributed by atoms with van der Waals surface area (Å²) in [5, 5.41) is 3.98. The van der Waals surface area contributed by atoms with Crippen LogP contribution in [0, 0.1) is 5.92 Å². The van der Waals surface area contributed by atoms with E-state index in [1.54, 1.807) is 0 Å². The van der Waals surface area contributed by atoms with Crippen molar-refractivity contribution in [1.82, 2.24) is 15.0 Å². The van der Waals surface area contributed by atoms with Crippen molar-refractivity contribution in [3.63, 3.8) is 0 Å². The van der Waals surface area contributed by atoms with Gasteiger partial charge in [0.15, 0.2) is 5.82 Å². The Morgan fingerprint density at radius 3 is 2.72 bits per heavy atom. The van der Waals surface area contributed by atoms with Crippen LogP contribution >= 0.6 is 12.4 Å². The van der Waals surface area contributed by atoms with Gasteiger partial charge in [0.1, 0.15) is 0 Å². The van der Waals surface area contributed by atoms with Crippen LogP contribution in [0.2, 0.25) is 0 Å². The summed E-state index contributed by atoms with van der Waals surface area (Å²) in [6.45, 7) is 8.92. The van der Waals surface area contributed by atoms with Crippen LogP contribution in [0.4, 0.5) is 0 Å². The van der Waals surface area contributed by atoms with Crippen LogP contribution in [0.25, 0.3) is 0 Å². The SMILES string of the molecule is CC(C)c1noc(CN2CC(CN)CC2C)n1.Cl. The number of hydrogen-bond donors (Lipinski definition) is 1. The quantitative estimate of drug-likeness (QED) is 0.906. The van der Waals surface area contributed by atoms with E-state index in [0.29, 0.717) is 17.9 Å². The zero-order valence-electron chi connectivity index (χ0n) is 11.3. The van der Waals surface area contributed by atoms with Crippen LogP contribution in [-0.4, -0.2) is 34.2 Å². The van der Waals surface area contributed by atoms with E-state index in [0.717, 1.165) is 31.3 Å². The van der Waals surface area contributed by atoms with Crippen molar-refractivity contribution in [1.29, 1.82) is 0 Å². The van der Waals surface area contributed by atoms with E-state index in [1.165, 1.54) is 6.42 Å². The molecular weight excluding hydrogens is 252 g/mol. The summed E-state index contributed by atoms with van der Waals surface area (Å²) in [4.78, 5) is 6.78. The van der Waals surface area contributed by atoms with Gasteiger partial charge >= 0.3 is 0 Å². The summed E-state index contributed by atoms with van der Waals surface area (Å²) >= 11 is 0. The average molecular weight is 275 g/mol. The first-order valence-electron chi connectivity index (χ1n) is 6.36. The highest BCUT2D eigenvalue weighted by molar-refractivity contribution is 5.85. The fraction of sp³-hybridized carbons (Fsp3) is 0.833. The van der Waals surface area contributed by atoms with E-state index in [-0.39, 0.29) is 12.4 Å². The fourth-order valence-corrected chi connectivity index (χ4v) is 2.35. The lowest BCUT2D eigenvalue weighted by Crippen LogP contribution is -2.27. The molecule has 104 valence electrons. The van der Waals surface area contributed by atoms with Crippen LogP contribution in [0.3, 0.4) is 0 Å². The molecule has 2 unspecified atom stereocenters. The molecule has 0 spiro atoms. The van der Waals surface area contributed by atoms with Gasteiger partial charge in [-0.05, 0) is 25.8 Å². The molecule has 1 aromatic heterocycles.